The van der Waals surface area contributed by atoms with Crippen LogP contribution in [-0.2, 0) is 0 Å². The van der Waals surface area contributed by atoms with Crippen LogP contribution in [-0.4, -0.2) is 0 Å². The maximum Gasteiger partial charge on any atom is 0.121 e. The van der Waals surface area contributed by atoms with E-state index in [9.17, 15) is 0 Å². The summed E-state index contributed by atoms with van der Waals surface area (Å²) >= 11 is 8.66. The van der Waals surface area contributed by atoms with Gasteiger partial charge < -0.3 is 0 Å². The molecule has 9 heavy (non-hydrogen) atoms. The molecule has 46 valence electrons. The van der Waals surface area contributed by atoms with Crippen LogP contribution >= 0.6 is 27.5 Å². The Bertz CT molecular complexity index is 198. The molecular formula is C7H4BrCl. The summed E-state index contributed by atoms with van der Waals surface area (Å²) in [5, 5.41) is 0. The molecule has 1 aromatic carbocycles. The van der Waals surface area contributed by atoms with Gasteiger partial charge in [-0.25, -0.2) is 0 Å². The predicted molar refractivity (Wildman–Crippen MR) is 42.3 cm³/mol. The lowest BCUT2D eigenvalue weighted by atomic mass is 10.2. The molecule has 0 aromatic heterocycles. The molecule has 0 saturated heterocycles. The normalized spacial score (nSPS) is 9.56. The monoisotopic (exact) mass is 202 g/mol. The van der Waals surface area contributed by atoms with Crippen molar-refractivity contribution in [1.82, 2.24) is 0 Å². The van der Waals surface area contributed by atoms with Gasteiger partial charge in [0.25, 0.3) is 0 Å². The molecule has 0 aliphatic carbocycles. The summed E-state index contributed by atoms with van der Waals surface area (Å²) in [5.74, 6) is 2.52. The van der Waals surface area contributed by atoms with Crippen molar-refractivity contribution in [3.63, 3.8) is 0 Å². The molecule has 0 bridgehead atoms. The highest BCUT2D eigenvalue weighted by Crippen LogP contribution is 2.18. The molecule has 0 amide bonds. The van der Waals surface area contributed by atoms with Gasteiger partial charge in [0, 0.05) is 4.47 Å². The molecule has 0 aliphatic heterocycles. The Morgan fingerprint density at radius 2 is 2.00 bits per heavy atom. The summed E-state index contributed by atoms with van der Waals surface area (Å²) in [5.41, 5.74) is 0.888. The third-order valence-corrected chi connectivity index (χ3v) is 1.87. The quantitative estimate of drug-likeness (QED) is 0.658. The van der Waals surface area contributed by atoms with Gasteiger partial charge in [-0.3, -0.25) is 0 Å². The third-order valence-electron chi connectivity index (χ3n) is 0.976. The predicted octanol–water partition coefficient (Wildman–Crippen LogP) is 3.07. The molecule has 1 rings (SSSR count). The average molecular weight is 203 g/mol. The number of hydrogen-bond acceptors (Lipinski definition) is 0. The molecule has 0 fully saturated rings. The van der Waals surface area contributed by atoms with Crippen LogP contribution in [0.4, 0.5) is 0 Å². The summed E-state index contributed by atoms with van der Waals surface area (Å²) in [6, 6.07) is 7.65. The highest BCUT2D eigenvalue weighted by atomic mass is 79.9. The summed E-state index contributed by atoms with van der Waals surface area (Å²) in [4.78, 5) is 0. The molecule has 0 N–H and O–H groups in total. The highest BCUT2D eigenvalue weighted by Gasteiger charge is 1.94. The molecule has 2 heteroatoms. The molecule has 0 spiro atoms. The van der Waals surface area contributed by atoms with E-state index in [4.69, 9.17) is 11.6 Å². The van der Waals surface area contributed by atoms with Crippen LogP contribution in [0.5, 0.6) is 0 Å². The Hall–Kier alpha value is -0.0100. The first-order chi connectivity index (χ1) is 4.34. The van der Waals surface area contributed by atoms with Gasteiger partial charge in [0.15, 0.2) is 0 Å². The number of rotatable bonds is 1. The largest absolute Gasteiger partial charge is 0.121 e. The van der Waals surface area contributed by atoms with Crippen LogP contribution in [0.1, 0.15) is 5.56 Å². The van der Waals surface area contributed by atoms with Crippen LogP contribution in [0.2, 0.25) is 0 Å². The van der Waals surface area contributed by atoms with Crippen molar-refractivity contribution in [2.45, 2.75) is 0 Å². The van der Waals surface area contributed by atoms with E-state index in [1.54, 1.807) is 0 Å². The van der Waals surface area contributed by atoms with Crippen molar-refractivity contribution in [3.8, 4) is 0 Å². The lowest BCUT2D eigenvalue weighted by Crippen LogP contribution is -1.74. The van der Waals surface area contributed by atoms with E-state index < -0.39 is 0 Å². The van der Waals surface area contributed by atoms with Gasteiger partial charge in [0.2, 0.25) is 0 Å². The van der Waals surface area contributed by atoms with Crippen molar-refractivity contribution < 1.29 is 0 Å². The van der Waals surface area contributed by atoms with Crippen molar-refractivity contribution in [1.29, 1.82) is 0 Å². The van der Waals surface area contributed by atoms with E-state index >= 15 is 0 Å². The lowest BCUT2D eigenvalue weighted by molar-refractivity contribution is 1.54. The molecule has 1 aromatic rings. The highest BCUT2D eigenvalue weighted by molar-refractivity contribution is 9.10. The van der Waals surface area contributed by atoms with E-state index in [1.165, 1.54) is 0 Å². The Morgan fingerprint density at radius 1 is 1.33 bits per heavy atom. The number of halogens is 2. The van der Waals surface area contributed by atoms with Gasteiger partial charge in [-0.05, 0) is 11.6 Å². The maximum absolute atomic E-state index is 5.35. The minimum atomic E-state index is 0.888. The second-order valence-electron chi connectivity index (χ2n) is 1.57. The molecule has 0 heterocycles. The van der Waals surface area contributed by atoms with Gasteiger partial charge >= 0.3 is 0 Å². The summed E-state index contributed by atoms with van der Waals surface area (Å²) < 4.78 is 0.972. The van der Waals surface area contributed by atoms with Crippen LogP contribution in [0.15, 0.2) is 28.7 Å². The molecule has 0 unspecified atom stereocenters. The molecule has 0 nitrogen and oxygen atoms in total. The summed E-state index contributed by atoms with van der Waals surface area (Å²) in [6.07, 6.45) is 0. The van der Waals surface area contributed by atoms with Crippen molar-refractivity contribution in [2.24, 2.45) is 0 Å². The van der Waals surface area contributed by atoms with Gasteiger partial charge in [0.1, 0.15) is 5.88 Å². The van der Waals surface area contributed by atoms with E-state index in [2.05, 4.69) is 21.8 Å². The SMILES string of the molecule is Cl[C]c1ccccc1Br. The van der Waals surface area contributed by atoms with Crippen molar-refractivity contribution >= 4 is 27.5 Å². The summed E-state index contributed by atoms with van der Waals surface area (Å²) in [6.45, 7) is 0. The van der Waals surface area contributed by atoms with Gasteiger partial charge in [-0.2, -0.15) is 0 Å². The van der Waals surface area contributed by atoms with Gasteiger partial charge in [-0.15, -0.1) is 11.6 Å². The first kappa shape index (κ1) is 7.10. The van der Waals surface area contributed by atoms with Gasteiger partial charge in [0.05, 0.1) is 0 Å². The Balaban J connectivity index is 3.01. The first-order valence-corrected chi connectivity index (χ1v) is 3.63. The standard InChI is InChI=1S/C7H4BrCl/c8-7-4-2-1-3-6(7)5-9/h1-4H. The fourth-order valence-electron chi connectivity index (χ4n) is 0.538. The molecule has 0 aliphatic rings. The molecule has 0 atom stereocenters. The Morgan fingerprint density at radius 3 is 2.44 bits per heavy atom. The number of hydrogen-bond donors (Lipinski definition) is 0. The van der Waals surface area contributed by atoms with Crippen molar-refractivity contribution in [2.75, 3.05) is 0 Å². The van der Waals surface area contributed by atoms with E-state index in [-0.39, 0.29) is 0 Å². The first-order valence-electron chi connectivity index (χ1n) is 2.46. The van der Waals surface area contributed by atoms with Crippen LogP contribution < -0.4 is 0 Å². The molecular weight excluding hydrogens is 199 g/mol. The van der Waals surface area contributed by atoms with Crippen molar-refractivity contribution in [3.05, 3.63) is 40.2 Å². The molecule has 0 saturated carbocycles. The fourth-order valence-corrected chi connectivity index (χ4v) is 1.20. The van der Waals surface area contributed by atoms with E-state index in [0.29, 0.717) is 0 Å². The zero-order valence-electron chi connectivity index (χ0n) is 4.57. The number of benzene rings is 1. The zero-order chi connectivity index (χ0) is 6.69. The third kappa shape index (κ3) is 1.70. The van der Waals surface area contributed by atoms with E-state index in [1.807, 2.05) is 24.3 Å². The van der Waals surface area contributed by atoms with Crippen LogP contribution in [0.25, 0.3) is 0 Å². The smallest absolute Gasteiger partial charge is 0.109 e. The Labute approximate surface area is 68.0 Å². The summed E-state index contributed by atoms with van der Waals surface area (Å²) in [7, 11) is 0. The molecule has 2 radical (unpaired) electrons. The van der Waals surface area contributed by atoms with E-state index in [0.717, 1.165) is 10.0 Å². The second-order valence-corrected chi connectivity index (χ2v) is 2.62. The zero-order valence-corrected chi connectivity index (χ0v) is 6.91. The maximum atomic E-state index is 5.35. The minimum Gasteiger partial charge on any atom is -0.109 e. The lowest BCUT2D eigenvalue weighted by Gasteiger charge is -1.94. The fraction of sp³-hybridized carbons (Fsp3) is 0. The minimum absolute atomic E-state index is 0.888. The average Bonchev–Trinajstić information content (AvgIpc) is 1.89. The topological polar surface area (TPSA) is 0 Å². The van der Waals surface area contributed by atoms with Gasteiger partial charge in [-0.1, -0.05) is 34.1 Å². The van der Waals surface area contributed by atoms with Crippen LogP contribution in [0, 0.1) is 5.88 Å². The van der Waals surface area contributed by atoms with Crippen LogP contribution in [0.3, 0.4) is 0 Å². The Kier molecular flexibility index (Phi) is 2.55. The second kappa shape index (κ2) is 3.23.